The summed E-state index contributed by atoms with van der Waals surface area (Å²) in [4.78, 5) is 23.3. The van der Waals surface area contributed by atoms with Gasteiger partial charge in [-0.2, -0.15) is 16.9 Å². The molecule has 122 valence electrons. The lowest BCUT2D eigenvalue weighted by Crippen LogP contribution is -2.41. The smallest absolute Gasteiger partial charge is 0.326 e. The normalized spacial score (nSPS) is 11.9. The van der Waals surface area contributed by atoms with Crippen molar-refractivity contribution in [1.82, 2.24) is 15.5 Å². The van der Waals surface area contributed by atoms with Crippen LogP contribution in [0, 0.1) is 0 Å². The molecule has 2 rings (SSSR count). The van der Waals surface area contributed by atoms with Crippen molar-refractivity contribution in [1.29, 1.82) is 0 Å². The summed E-state index contributed by atoms with van der Waals surface area (Å²) in [5.41, 5.74) is 1.45. The predicted octanol–water partition coefficient (Wildman–Crippen LogP) is 1.72. The highest BCUT2D eigenvalue weighted by atomic mass is 32.2. The van der Waals surface area contributed by atoms with Gasteiger partial charge in [0.2, 0.25) is 0 Å². The Kier molecular flexibility index (Phi) is 5.64. The number of hydrogen-bond donors (Lipinski definition) is 4. The highest BCUT2D eigenvalue weighted by molar-refractivity contribution is 7.98. The summed E-state index contributed by atoms with van der Waals surface area (Å²) in [6.45, 7) is 0. The van der Waals surface area contributed by atoms with Crippen molar-refractivity contribution in [3.05, 3.63) is 36.0 Å². The summed E-state index contributed by atoms with van der Waals surface area (Å²) in [7, 11) is 0. The van der Waals surface area contributed by atoms with Crippen LogP contribution < -0.4 is 5.32 Å². The lowest BCUT2D eigenvalue weighted by Gasteiger charge is -2.12. The molecule has 1 atom stereocenters. The molecule has 0 aliphatic carbocycles. The molecule has 0 aliphatic rings. The number of phenols is 1. The van der Waals surface area contributed by atoms with Gasteiger partial charge in [0, 0.05) is 5.56 Å². The van der Waals surface area contributed by atoms with E-state index in [9.17, 15) is 14.7 Å². The number of carboxylic acid groups (broad SMARTS) is 1. The first-order chi connectivity index (χ1) is 11.0. The summed E-state index contributed by atoms with van der Waals surface area (Å²) in [5, 5.41) is 27.5. The van der Waals surface area contributed by atoms with Gasteiger partial charge in [0.05, 0.1) is 5.69 Å². The highest BCUT2D eigenvalue weighted by Gasteiger charge is 2.21. The number of aromatic amines is 1. The predicted molar refractivity (Wildman–Crippen MR) is 87.6 cm³/mol. The molecule has 1 heterocycles. The van der Waals surface area contributed by atoms with E-state index in [0.717, 1.165) is 5.56 Å². The topological polar surface area (TPSA) is 115 Å². The molecule has 0 bridgehead atoms. The number of amides is 1. The second kappa shape index (κ2) is 7.68. The van der Waals surface area contributed by atoms with Crippen LogP contribution >= 0.6 is 11.8 Å². The van der Waals surface area contributed by atoms with Crippen molar-refractivity contribution in [3.63, 3.8) is 0 Å². The highest BCUT2D eigenvalue weighted by Crippen LogP contribution is 2.20. The van der Waals surface area contributed by atoms with E-state index in [0.29, 0.717) is 17.9 Å². The fourth-order valence-corrected chi connectivity index (χ4v) is 2.42. The average Bonchev–Trinajstić information content (AvgIpc) is 3.01. The molecule has 0 unspecified atom stereocenters. The van der Waals surface area contributed by atoms with Gasteiger partial charge in [-0.1, -0.05) is 0 Å². The SMILES string of the molecule is CSCC[C@@H](NC(=O)c1cc(-c2ccc(O)cc2)n[nH]1)C(=O)O. The minimum absolute atomic E-state index is 0.139. The van der Waals surface area contributed by atoms with Crippen LogP contribution in [0.3, 0.4) is 0 Å². The third-order valence-electron chi connectivity index (χ3n) is 3.20. The maximum Gasteiger partial charge on any atom is 0.326 e. The molecule has 4 N–H and O–H groups in total. The van der Waals surface area contributed by atoms with E-state index < -0.39 is 17.9 Å². The van der Waals surface area contributed by atoms with Gasteiger partial charge in [-0.15, -0.1) is 0 Å². The number of benzene rings is 1. The molecule has 7 nitrogen and oxygen atoms in total. The van der Waals surface area contributed by atoms with Crippen molar-refractivity contribution in [3.8, 4) is 17.0 Å². The molecule has 0 saturated heterocycles. The lowest BCUT2D eigenvalue weighted by molar-refractivity contribution is -0.139. The van der Waals surface area contributed by atoms with E-state index in [4.69, 9.17) is 5.11 Å². The van der Waals surface area contributed by atoms with Crippen LogP contribution in [-0.4, -0.2) is 50.3 Å². The minimum Gasteiger partial charge on any atom is -0.508 e. The van der Waals surface area contributed by atoms with Crippen molar-refractivity contribution in [2.24, 2.45) is 0 Å². The first-order valence-corrected chi connectivity index (χ1v) is 8.28. The summed E-state index contributed by atoms with van der Waals surface area (Å²) in [6.07, 6.45) is 2.22. The summed E-state index contributed by atoms with van der Waals surface area (Å²) >= 11 is 1.52. The van der Waals surface area contributed by atoms with Crippen molar-refractivity contribution in [2.75, 3.05) is 12.0 Å². The Balaban J connectivity index is 2.08. The number of nitrogens with zero attached hydrogens (tertiary/aromatic N) is 1. The number of phenolic OH excluding ortho intramolecular Hbond substituents is 1. The first-order valence-electron chi connectivity index (χ1n) is 6.88. The molecule has 23 heavy (non-hydrogen) atoms. The van der Waals surface area contributed by atoms with Gasteiger partial charge in [0.15, 0.2) is 0 Å². The van der Waals surface area contributed by atoms with Crippen molar-refractivity contribution < 1.29 is 19.8 Å². The number of hydrogen-bond acceptors (Lipinski definition) is 5. The summed E-state index contributed by atoms with van der Waals surface area (Å²) < 4.78 is 0. The monoisotopic (exact) mass is 335 g/mol. The van der Waals surface area contributed by atoms with Crippen LogP contribution in [0.25, 0.3) is 11.3 Å². The number of nitrogens with one attached hydrogen (secondary N) is 2. The first kappa shape index (κ1) is 16.9. The van der Waals surface area contributed by atoms with Crippen molar-refractivity contribution >= 4 is 23.6 Å². The van der Waals surface area contributed by atoms with Crippen LogP contribution in [0.15, 0.2) is 30.3 Å². The summed E-state index contributed by atoms with van der Waals surface area (Å²) in [5.74, 6) is -0.805. The number of aromatic nitrogens is 2. The largest absolute Gasteiger partial charge is 0.508 e. The number of rotatable bonds is 7. The van der Waals surface area contributed by atoms with E-state index in [1.807, 2.05) is 6.26 Å². The molecule has 0 spiro atoms. The third kappa shape index (κ3) is 4.49. The average molecular weight is 335 g/mol. The maximum atomic E-state index is 12.1. The fourth-order valence-electron chi connectivity index (χ4n) is 1.95. The number of H-pyrrole nitrogens is 1. The number of aliphatic carboxylic acids is 1. The van der Waals surface area contributed by atoms with E-state index in [-0.39, 0.29) is 11.4 Å². The molecule has 1 amide bonds. The van der Waals surface area contributed by atoms with Gasteiger partial charge in [0.1, 0.15) is 17.5 Å². The Bertz CT molecular complexity index is 684. The third-order valence-corrected chi connectivity index (χ3v) is 3.84. The van der Waals surface area contributed by atoms with E-state index in [1.54, 1.807) is 12.1 Å². The Morgan fingerprint density at radius 3 is 2.65 bits per heavy atom. The molecule has 0 aliphatic heterocycles. The molecular formula is C15H17N3O4S. The molecule has 8 heteroatoms. The number of carbonyl (C=O) groups excluding carboxylic acids is 1. The van der Waals surface area contributed by atoms with E-state index in [2.05, 4.69) is 15.5 Å². The van der Waals surface area contributed by atoms with E-state index in [1.165, 1.54) is 30.0 Å². The van der Waals surface area contributed by atoms with Gasteiger partial charge < -0.3 is 15.5 Å². The van der Waals surface area contributed by atoms with Crippen LogP contribution in [0.4, 0.5) is 0 Å². The minimum atomic E-state index is -1.06. The zero-order chi connectivity index (χ0) is 16.8. The molecule has 1 aromatic carbocycles. The van der Waals surface area contributed by atoms with E-state index >= 15 is 0 Å². The van der Waals surface area contributed by atoms with Crippen LogP contribution in [0.2, 0.25) is 0 Å². The Morgan fingerprint density at radius 1 is 1.35 bits per heavy atom. The molecule has 2 aromatic rings. The van der Waals surface area contributed by atoms with Gasteiger partial charge >= 0.3 is 5.97 Å². The summed E-state index contributed by atoms with van der Waals surface area (Å²) in [6, 6.07) is 6.99. The fraction of sp³-hybridized carbons (Fsp3) is 0.267. The molecule has 1 aromatic heterocycles. The second-order valence-corrected chi connectivity index (χ2v) is 5.85. The van der Waals surface area contributed by atoms with Gasteiger partial charge in [0.25, 0.3) is 5.91 Å². The molecule has 0 saturated carbocycles. The van der Waals surface area contributed by atoms with Crippen molar-refractivity contribution in [2.45, 2.75) is 12.5 Å². The lowest BCUT2D eigenvalue weighted by atomic mass is 10.1. The zero-order valence-electron chi connectivity index (χ0n) is 12.4. The quantitative estimate of drug-likeness (QED) is 0.612. The molecule has 0 fully saturated rings. The Labute approximate surface area is 137 Å². The zero-order valence-corrected chi connectivity index (χ0v) is 13.3. The number of carbonyl (C=O) groups is 2. The van der Waals surface area contributed by atoms with Crippen LogP contribution in [0.1, 0.15) is 16.9 Å². The Hall–Kier alpha value is -2.48. The number of carboxylic acids is 1. The number of thioether (sulfide) groups is 1. The maximum absolute atomic E-state index is 12.1. The van der Waals surface area contributed by atoms with Crippen LogP contribution in [-0.2, 0) is 4.79 Å². The standard InChI is InChI=1S/C15H17N3O4S/c1-23-7-6-11(15(21)22)16-14(20)13-8-12(17-18-13)9-2-4-10(19)5-3-9/h2-5,8,11,19H,6-7H2,1H3,(H,16,20)(H,17,18)(H,21,22)/t11-/m1/s1. The second-order valence-electron chi connectivity index (χ2n) is 4.86. The molecule has 0 radical (unpaired) electrons. The van der Waals surface area contributed by atoms with Crippen LogP contribution in [0.5, 0.6) is 5.75 Å². The van der Waals surface area contributed by atoms with Gasteiger partial charge in [-0.25, -0.2) is 4.79 Å². The Morgan fingerprint density at radius 2 is 2.04 bits per heavy atom. The van der Waals surface area contributed by atoms with Gasteiger partial charge in [-0.05, 0) is 48.8 Å². The van der Waals surface area contributed by atoms with Gasteiger partial charge in [-0.3, -0.25) is 9.89 Å². The number of aromatic hydroxyl groups is 1. The molecular weight excluding hydrogens is 318 g/mol.